The molecule has 0 spiro atoms. The lowest BCUT2D eigenvalue weighted by Crippen LogP contribution is -2.45. The van der Waals surface area contributed by atoms with Crippen molar-refractivity contribution >= 4 is 22.7 Å². The summed E-state index contributed by atoms with van der Waals surface area (Å²) in [4.78, 5) is 0. The fraction of sp³-hybridized carbons (Fsp3) is 0.273. The Labute approximate surface area is 262 Å². The van der Waals surface area contributed by atoms with Crippen molar-refractivity contribution in [3.05, 3.63) is 83.9 Å². The van der Waals surface area contributed by atoms with E-state index in [1.165, 1.54) is 0 Å². The Balaban J connectivity index is 1.69. The van der Waals surface area contributed by atoms with E-state index in [0.717, 1.165) is 0 Å². The van der Waals surface area contributed by atoms with Crippen LogP contribution in [-0.2, 0) is 13.2 Å². The summed E-state index contributed by atoms with van der Waals surface area (Å²) in [5, 5.41) is 19.0. The van der Waals surface area contributed by atoms with Crippen molar-refractivity contribution in [2.75, 3.05) is 63.6 Å². The van der Waals surface area contributed by atoms with E-state index in [4.69, 9.17) is 51.4 Å². The molecule has 12 heteroatoms. The van der Waals surface area contributed by atoms with E-state index >= 15 is 0 Å². The lowest BCUT2D eigenvalue weighted by molar-refractivity contribution is -0.00280. The van der Waals surface area contributed by atoms with Crippen LogP contribution in [-0.4, -0.2) is 50.9 Å². The van der Waals surface area contributed by atoms with Crippen molar-refractivity contribution < 1.29 is 38.6 Å². The molecule has 0 unspecified atom stereocenters. The highest BCUT2D eigenvalue weighted by atomic mass is 16.5. The predicted octanol–water partition coefficient (Wildman–Crippen LogP) is 3.62. The van der Waals surface area contributed by atoms with Crippen LogP contribution in [0.25, 0.3) is 0 Å². The summed E-state index contributed by atoms with van der Waals surface area (Å²) in [6.07, 6.45) is 0. The topological polar surface area (TPSA) is 200 Å². The van der Waals surface area contributed by atoms with Crippen LogP contribution in [0.15, 0.2) is 72.8 Å². The van der Waals surface area contributed by atoms with Crippen molar-refractivity contribution in [3.63, 3.8) is 0 Å². The van der Waals surface area contributed by atoms with E-state index in [9.17, 15) is 10.2 Å². The molecule has 240 valence electrons. The number of rotatable bonds is 16. The first-order chi connectivity index (χ1) is 21.7. The van der Waals surface area contributed by atoms with Gasteiger partial charge in [0.15, 0.2) is 0 Å². The van der Waals surface area contributed by atoms with Crippen LogP contribution < -0.4 is 51.4 Å². The molecule has 12 nitrogen and oxygen atoms in total. The molecule has 4 rings (SSSR count). The van der Waals surface area contributed by atoms with E-state index in [-0.39, 0.29) is 39.6 Å². The van der Waals surface area contributed by atoms with Gasteiger partial charge >= 0.3 is 0 Å². The molecule has 0 atom stereocenters. The molecule has 0 fully saturated rings. The Bertz CT molecular complexity index is 1350. The van der Waals surface area contributed by atoms with Crippen molar-refractivity contribution in [1.82, 2.24) is 0 Å². The van der Waals surface area contributed by atoms with E-state index in [1.54, 1.807) is 87.0 Å². The van der Waals surface area contributed by atoms with E-state index in [1.807, 2.05) is 0 Å². The Kier molecular flexibility index (Phi) is 10.9. The molecule has 0 amide bonds. The lowest BCUT2D eigenvalue weighted by Gasteiger charge is -2.33. The zero-order valence-electron chi connectivity index (χ0n) is 25.3. The lowest BCUT2D eigenvalue weighted by atomic mass is 9.91. The SMILES string of the molecule is COc1ccc(OCC(COc2ccc(CO)cc2N)(COc2ccc(CO)cc2N)COc2ccc(OC)cc2N)c(N)c1. The first kappa shape index (κ1) is 32.7. The van der Waals surface area contributed by atoms with Crippen molar-refractivity contribution in [2.45, 2.75) is 13.2 Å². The number of anilines is 4. The van der Waals surface area contributed by atoms with Gasteiger partial charge < -0.3 is 61.6 Å². The van der Waals surface area contributed by atoms with E-state index in [0.29, 0.717) is 68.4 Å². The molecule has 0 radical (unpaired) electrons. The molecule has 4 aromatic carbocycles. The fourth-order valence-corrected chi connectivity index (χ4v) is 4.40. The average Bonchev–Trinajstić information content (AvgIpc) is 3.05. The second kappa shape index (κ2) is 15.0. The number of hydrogen-bond acceptors (Lipinski definition) is 12. The molecule has 10 N–H and O–H groups in total. The van der Waals surface area contributed by atoms with Crippen molar-refractivity contribution in [1.29, 1.82) is 0 Å². The molecule has 0 saturated heterocycles. The number of benzene rings is 4. The summed E-state index contributed by atoms with van der Waals surface area (Å²) in [5.41, 5.74) is 26.7. The smallest absolute Gasteiger partial charge is 0.142 e. The zero-order valence-corrected chi connectivity index (χ0v) is 25.3. The number of hydrogen-bond donors (Lipinski definition) is 6. The molecule has 0 heterocycles. The molecule has 0 aromatic heterocycles. The highest BCUT2D eigenvalue weighted by molar-refractivity contribution is 5.58. The monoisotopic (exact) mass is 620 g/mol. The second-order valence-corrected chi connectivity index (χ2v) is 10.5. The Hall–Kier alpha value is -5.20. The van der Waals surface area contributed by atoms with Gasteiger partial charge in [-0.25, -0.2) is 0 Å². The van der Waals surface area contributed by atoms with E-state index in [2.05, 4.69) is 0 Å². The van der Waals surface area contributed by atoms with Gasteiger partial charge in [-0.2, -0.15) is 0 Å². The Morgan fingerprint density at radius 1 is 0.489 bits per heavy atom. The van der Waals surface area contributed by atoms with Gasteiger partial charge in [0.05, 0.1) is 50.2 Å². The van der Waals surface area contributed by atoms with Crippen LogP contribution in [0.4, 0.5) is 22.7 Å². The van der Waals surface area contributed by atoms with Gasteiger partial charge in [0.1, 0.15) is 66.3 Å². The summed E-state index contributed by atoms with van der Waals surface area (Å²) in [6, 6.07) is 20.3. The minimum absolute atomic E-state index is 0.0103. The fourth-order valence-electron chi connectivity index (χ4n) is 4.40. The summed E-state index contributed by atoms with van der Waals surface area (Å²) in [6.45, 7) is -0.265. The number of nitrogens with two attached hydrogens (primary N) is 4. The Morgan fingerprint density at radius 3 is 1.07 bits per heavy atom. The third-order valence-electron chi connectivity index (χ3n) is 7.08. The van der Waals surface area contributed by atoms with Gasteiger partial charge in [0, 0.05) is 12.1 Å². The van der Waals surface area contributed by atoms with Crippen LogP contribution in [0.1, 0.15) is 11.1 Å². The number of methoxy groups -OCH3 is 2. The van der Waals surface area contributed by atoms with E-state index < -0.39 is 5.41 Å². The normalized spacial score (nSPS) is 11.1. The average molecular weight is 621 g/mol. The minimum atomic E-state index is -1.01. The molecule has 4 aromatic rings. The molecule has 0 saturated carbocycles. The highest BCUT2D eigenvalue weighted by Crippen LogP contribution is 2.34. The maximum atomic E-state index is 9.51. The summed E-state index contributed by atoms with van der Waals surface area (Å²) in [7, 11) is 3.10. The molecule has 0 aliphatic heterocycles. The largest absolute Gasteiger partial charge is 0.497 e. The van der Waals surface area contributed by atoms with Crippen LogP contribution in [0.3, 0.4) is 0 Å². The van der Waals surface area contributed by atoms with Crippen molar-refractivity contribution in [3.8, 4) is 34.5 Å². The first-order valence-corrected chi connectivity index (χ1v) is 14.1. The standard InChI is InChI=1S/C33H40N4O8/c1-40-23-5-9-31(27(36)13-23)44-19-33(17-42-29-7-3-21(15-38)11-25(29)34,18-43-30-8-4-22(16-39)12-26(30)35)20-45-32-10-6-24(41-2)14-28(32)37/h3-14,38-39H,15-20,34-37H2,1-2H3. The molecule has 0 aliphatic carbocycles. The Morgan fingerprint density at radius 2 is 0.800 bits per heavy atom. The maximum Gasteiger partial charge on any atom is 0.142 e. The molecular formula is C33H40N4O8. The molecule has 0 bridgehead atoms. The molecular weight excluding hydrogens is 580 g/mol. The maximum absolute atomic E-state index is 9.51. The minimum Gasteiger partial charge on any atom is -0.497 e. The van der Waals surface area contributed by atoms with Gasteiger partial charge in [-0.15, -0.1) is 0 Å². The highest BCUT2D eigenvalue weighted by Gasteiger charge is 2.36. The van der Waals surface area contributed by atoms with Crippen LogP contribution >= 0.6 is 0 Å². The number of ether oxygens (including phenoxy) is 6. The van der Waals surface area contributed by atoms with Crippen LogP contribution in [0.5, 0.6) is 34.5 Å². The van der Waals surface area contributed by atoms with Crippen LogP contribution in [0, 0.1) is 5.41 Å². The third kappa shape index (κ3) is 8.46. The van der Waals surface area contributed by atoms with Gasteiger partial charge in [0.2, 0.25) is 0 Å². The van der Waals surface area contributed by atoms with Gasteiger partial charge in [-0.05, 0) is 59.7 Å². The quantitative estimate of drug-likeness (QED) is 0.0996. The summed E-state index contributed by atoms with van der Waals surface area (Å²) in [5.74, 6) is 2.80. The zero-order chi connectivity index (χ0) is 32.4. The molecule has 0 aliphatic rings. The van der Waals surface area contributed by atoms with Crippen LogP contribution in [0.2, 0.25) is 0 Å². The number of aliphatic hydroxyl groups excluding tert-OH is 2. The predicted molar refractivity (Wildman–Crippen MR) is 173 cm³/mol. The first-order valence-electron chi connectivity index (χ1n) is 14.1. The van der Waals surface area contributed by atoms with Gasteiger partial charge in [-0.3, -0.25) is 0 Å². The molecule has 45 heavy (non-hydrogen) atoms. The number of aliphatic hydroxyl groups is 2. The summed E-state index contributed by atoms with van der Waals surface area (Å²) < 4.78 is 35.6. The van der Waals surface area contributed by atoms with Gasteiger partial charge in [0.25, 0.3) is 0 Å². The van der Waals surface area contributed by atoms with Gasteiger partial charge in [-0.1, -0.05) is 12.1 Å². The second-order valence-electron chi connectivity index (χ2n) is 10.5. The number of nitrogen functional groups attached to an aromatic ring is 4. The third-order valence-corrected chi connectivity index (χ3v) is 7.08. The van der Waals surface area contributed by atoms with Crippen molar-refractivity contribution in [2.24, 2.45) is 5.41 Å². The summed E-state index contributed by atoms with van der Waals surface area (Å²) >= 11 is 0.